The van der Waals surface area contributed by atoms with Crippen LogP contribution in [0, 0.1) is 0 Å². The van der Waals surface area contributed by atoms with Crippen LogP contribution in [0.15, 0.2) is 54.7 Å². The second-order valence-electron chi connectivity index (χ2n) is 8.40. The Labute approximate surface area is 185 Å². The lowest BCUT2D eigenvalue weighted by atomic mass is 9.99. The number of fused-ring (bicyclic) bond motifs is 3. The summed E-state index contributed by atoms with van der Waals surface area (Å²) in [4.78, 5) is 18.5. The highest BCUT2D eigenvalue weighted by Crippen LogP contribution is 2.40. The average Bonchev–Trinajstić information content (AvgIpc) is 3.38. The molecule has 6 rings (SSSR count). The van der Waals surface area contributed by atoms with Crippen LogP contribution < -0.4 is 4.90 Å². The van der Waals surface area contributed by atoms with E-state index in [1.807, 2.05) is 17.8 Å². The third-order valence-corrected chi connectivity index (χ3v) is 6.55. The maximum absolute atomic E-state index is 11.7. The molecule has 1 aliphatic heterocycles. The van der Waals surface area contributed by atoms with E-state index in [2.05, 4.69) is 52.3 Å². The summed E-state index contributed by atoms with van der Waals surface area (Å²) in [7, 11) is 1.96. The quantitative estimate of drug-likeness (QED) is 0.511. The minimum absolute atomic E-state index is 0.318. The van der Waals surface area contributed by atoms with Crippen molar-refractivity contribution in [1.29, 1.82) is 0 Å². The molecule has 0 spiro atoms. The summed E-state index contributed by atoms with van der Waals surface area (Å²) >= 11 is 0. The minimum atomic E-state index is -0.917. The molecule has 3 heterocycles. The lowest BCUT2D eigenvalue weighted by molar-refractivity contribution is 0.0695. The Morgan fingerprint density at radius 2 is 1.91 bits per heavy atom. The molecule has 0 saturated carbocycles. The summed E-state index contributed by atoms with van der Waals surface area (Å²) in [6.45, 7) is 0.960. The number of carboxylic acids is 1. The summed E-state index contributed by atoms with van der Waals surface area (Å²) in [6, 6.07) is 16.5. The third-order valence-electron chi connectivity index (χ3n) is 6.55. The first-order chi connectivity index (χ1) is 15.6. The van der Waals surface area contributed by atoms with Crippen LogP contribution in [0.1, 0.15) is 39.3 Å². The Hall–Kier alpha value is -3.93. The number of aryl methyl sites for hydroxylation is 2. The number of anilines is 2. The van der Waals surface area contributed by atoms with E-state index < -0.39 is 5.97 Å². The Bertz CT molecular complexity index is 1430. The van der Waals surface area contributed by atoms with Crippen LogP contribution in [0.25, 0.3) is 22.6 Å². The Balaban J connectivity index is 1.48. The molecule has 6 nitrogen and oxygen atoms in total. The van der Waals surface area contributed by atoms with Gasteiger partial charge < -0.3 is 10.0 Å². The van der Waals surface area contributed by atoms with Crippen LogP contribution in [0.2, 0.25) is 0 Å². The van der Waals surface area contributed by atoms with Gasteiger partial charge in [-0.3, -0.25) is 9.67 Å². The summed E-state index contributed by atoms with van der Waals surface area (Å²) in [5, 5.41) is 15.6. The molecule has 2 aromatic heterocycles. The summed E-state index contributed by atoms with van der Waals surface area (Å²) in [6.07, 6.45) is 6.31. The highest BCUT2D eigenvalue weighted by Gasteiger charge is 2.27. The van der Waals surface area contributed by atoms with Gasteiger partial charge in [0, 0.05) is 37.3 Å². The highest BCUT2D eigenvalue weighted by atomic mass is 16.4. The zero-order chi connectivity index (χ0) is 21.8. The number of benzene rings is 2. The Morgan fingerprint density at radius 1 is 1.06 bits per heavy atom. The first kappa shape index (κ1) is 18.8. The fourth-order valence-electron chi connectivity index (χ4n) is 5.16. The Morgan fingerprint density at radius 3 is 2.78 bits per heavy atom. The molecule has 0 bridgehead atoms. The molecule has 158 valence electrons. The second-order valence-corrected chi connectivity index (χ2v) is 8.40. The summed E-state index contributed by atoms with van der Waals surface area (Å²) in [5.74, 6) is -0.917. The number of carboxylic acid groups (broad SMARTS) is 1. The van der Waals surface area contributed by atoms with Crippen molar-refractivity contribution in [3.05, 3.63) is 82.8 Å². The van der Waals surface area contributed by atoms with Crippen molar-refractivity contribution in [3.63, 3.8) is 0 Å². The largest absolute Gasteiger partial charge is 0.478 e. The van der Waals surface area contributed by atoms with Crippen LogP contribution in [-0.4, -0.2) is 32.4 Å². The van der Waals surface area contributed by atoms with Crippen molar-refractivity contribution in [2.24, 2.45) is 7.05 Å². The number of nitrogens with zero attached hydrogens (tertiary/aromatic N) is 4. The molecule has 2 aliphatic rings. The molecule has 1 N–H and O–H groups in total. The van der Waals surface area contributed by atoms with Crippen molar-refractivity contribution >= 4 is 39.9 Å². The number of rotatable bonds is 3. The fourth-order valence-corrected chi connectivity index (χ4v) is 5.16. The van der Waals surface area contributed by atoms with Gasteiger partial charge in [-0.15, -0.1) is 0 Å². The van der Waals surface area contributed by atoms with E-state index in [1.165, 1.54) is 11.3 Å². The van der Waals surface area contributed by atoms with Crippen molar-refractivity contribution in [1.82, 2.24) is 14.8 Å². The van der Waals surface area contributed by atoms with E-state index in [9.17, 15) is 9.90 Å². The maximum atomic E-state index is 11.7. The molecule has 0 amide bonds. The molecule has 2 aromatic carbocycles. The van der Waals surface area contributed by atoms with Gasteiger partial charge in [0.2, 0.25) is 0 Å². The number of hydrogen-bond donors (Lipinski definition) is 1. The predicted octanol–water partition coefficient (Wildman–Crippen LogP) is 4.85. The number of aromatic nitrogens is 3. The lowest BCUT2D eigenvalue weighted by Gasteiger charge is -2.31. The molecule has 0 saturated heterocycles. The third kappa shape index (κ3) is 2.76. The zero-order valence-corrected chi connectivity index (χ0v) is 17.7. The van der Waals surface area contributed by atoms with Gasteiger partial charge in [-0.1, -0.05) is 30.3 Å². The van der Waals surface area contributed by atoms with Gasteiger partial charge >= 0.3 is 5.97 Å². The van der Waals surface area contributed by atoms with Crippen molar-refractivity contribution in [2.45, 2.75) is 19.3 Å². The van der Waals surface area contributed by atoms with Gasteiger partial charge in [0.05, 0.1) is 22.6 Å². The molecule has 32 heavy (non-hydrogen) atoms. The second kappa shape index (κ2) is 7.05. The maximum Gasteiger partial charge on any atom is 0.336 e. The number of para-hydroxylation sites is 1. The van der Waals surface area contributed by atoms with Crippen LogP contribution in [0.5, 0.6) is 0 Å². The topological polar surface area (TPSA) is 71.2 Å². The standard InChI is InChI=1S/C26H22N4O2/c1-29-25(17-14-20-18(26(31)32)11-12-27-21(20)15-17)19-8-4-10-23(24(19)28-29)30-13-5-7-16-6-2-3-9-22(16)30/h2-4,6,8-12,15H,5,7,13-14H2,1H3,(H,31,32). The lowest BCUT2D eigenvalue weighted by Crippen LogP contribution is -2.24. The predicted molar refractivity (Wildman–Crippen MR) is 125 cm³/mol. The van der Waals surface area contributed by atoms with Gasteiger partial charge in [0.15, 0.2) is 0 Å². The van der Waals surface area contributed by atoms with Gasteiger partial charge in [-0.05, 0) is 53.8 Å². The van der Waals surface area contributed by atoms with Crippen LogP contribution in [0.3, 0.4) is 0 Å². The number of aromatic carboxylic acids is 1. The number of pyridine rings is 1. The van der Waals surface area contributed by atoms with Crippen molar-refractivity contribution in [3.8, 4) is 0 Å². The molecule has 0 unspecified atom stereocenters. The molecule has 0 atom stereocenters. The summed E-state index contributed by atoms with van der Waals surface area (Å²) in [5.41, 5.74) is 8.57. The highest BCUT2D eigenvalue weighted by molar-refractivity contribution is 6.04. The van der Waals surface area contributed by atoms with E-state index >= 15 is 0 Å². The minimum Gasteiger partial charge on any atom is -0.478 e. The normalized spacial score (nSPS) is 14.9. The first-order valence-electron chi connectivity index (χ1n) is 10.8. The average molecular weight is 422 g/mol. The number of allylic oxidation sites excluding steroid dienone is 1. The molecular weight excluding hydrogens is 400 g/mol. The monoisotopic (exact) mass is 422 g/mol. The van der Waals surface area contributed by atoms with Gasteiger partial charge in [-0.25, -0.2) is 4.79 Å². The fraction of sp³-hybridized carbons (Fsp3) is 0.192. The first-order valence-corrected chi connectivity index (χ1v) is 10.8. The molecular formula is C26H22N4O2. The Kier molecular flexibility index (Phi) is 4.15. The summed E-state index contributed by atoms with van der Waals surface area (Å²) < 4.78 is 1.92. The van der Waals surface area contributed by atoms with E-state index in [1.54, 1.807) is 12.3 Å². The van der Waals surface area contributed by atoms with E-state index in [-0.39, 0.29) is 0 Å². The molecule has 6 heteroatoms. The molecule has 0 radical (unpaired) electrons. The van der Waals surface area contributed by atoms with Gasteiger partial charge in [0.1, 0.15) is 5.52 Å². The van der Waals surface area contributed by atoms with E-state index in [0.717, 1.165) is 58.5 Å². The smallest absolute Gasteiger partial charge is 0.336 e. The van der Waals surface area contributed by atoms with Crippen LogP contribution in [-0.2, 0) is 19.9 Å². The molecule has 1 aliphatic carbocycles. The molecule has 0 fully saturated rings. The van der Waals surface area contributed by atoms with Crippen molar-refractivity contribution in [2.75, 3.05) is 11.4 Å². The zero-order valence-electron chi connectivity index (χ0n) is 17.7. The van der Waals surface area contributed by atoms with Gasteiger partial charge in [-0.2, -0.15) is 5.10 Å². The van der Waals surface area contributed by atoms with Crippen LogP contribution >= 0.6 is 0 Å². The SMILES string of the molecule is Cn1nc2c(N3CCCc4ccccc43)cccc2c1C1=Cc2nccc(C(=O)O)c2C1. The van der Waals surface area contributed by atoms with Gasteiger partial charge in [0.25, 0.3) is 0 Å². The molecule has 4 aromatic rings. The number of carbonyl (C=O) groups is 1. The van der Waals surface area contributed by atoms with E-state index in [0.29, 0.717) is 12.0 Å². The van der Waals surface area contributed by atoms with Crippen molar-refractivity contribution < 1.29 is 9.90 Å². The van der Waals surface area contributed by atoms with E-state index in [4.69, 9.17) is 5.10 Å². The van der Waals surface area contributed by atoms with Crippen LogP contribution in [0.4, 0.5) is 11.4 Å². The number of hydrogen-bond acceptors (Lipinski definition) is 4.